The van der Waals surface area contributed by atoms with Crippen molar-refractivity contribution >= 4 is 15.7 Å². The van der Waals surface area contributed by atoms with E-state index in [4.69, 9.17) is 5.73 Å². The van der Waals surface area contributed by atoms with Gasteiger partial charge in [-0.3, -0.25) is 0 Å². The molecule has 1 unspecified atom stereocenters. The molecule has 0 radical (unpaired) electrons. The van der Waals surface area contributed by atoms with Gasteiger partial charge in [0.05, 0.1) is 4.90 Å². The van der Waals surface area contributed by atoms with Crippen LogP contribution in [-0.4, -0.2) is 8.42 Å². The zero-order chi connectivity index (χ0) is 15.6. The third-order valence-electron chi connectivity index (χ3n) is 2.93. The molecule has 21 heavy (non-hydrogen) atoms. The first kappa shape index (κ1) is 15.4. The number of benzene rings is 2. The Hall–Kier alpha value is -1.99. The zero-order valence-corrected chi connectivity index (χ0v) is 12.0. The van der Waals surface area contributed by atoms with Crippen LogP contribution in [0.2, 0.25) is 0 Å². The summed E-state index contributed by atoms with van der Waals surface area (Å²) in [6.45, 7) is 1.37. The van der Waals surface area contributed by atoms with Crippen molar-refractivity contribution in [1.29, 1.82) is 0 Å². The largest absolute Gasteiger partial charge is 0.399 e. The standard InChI is InChI=1S/C14H14F2N2O2S/c1-9(14-12(15)6-3-7-13(14)16)18-21(19,20)11-5-2-4-10(17)8-11/h2-9,18H,17H2,1H3. The van der Waals surface area contributed by atoms with Crippen molar-refractivity contribution in [3.05, 3.63) is 59.7 Å². The Morgan fingerprint density at radius 1 is 1.10 bits per heavy atom. The highest BCUT2D eigenvalue weighted by Gasteiger charge is 2.22. The lowest BCUT2D eigenvalue weighted by molar-refractivity contribution is 0.515. The second-order valence-electron chi connectivity index (χ2n) is 4.55. The molecule has 2 aromatic carbocycles. The predicted octanol–water partition coefficient (Wildman–Crippen LogP) is 2.59. The minimum atomic E-state index is -3.93. The number of halogens is 2. The number of rotatable bonds is 4. The summed E-state index contributed by atoms with van der Waals surface area (Å²) in [7, 11) is -3.93. The third-order valence-corrected chi connectivity index (χ3v) is 4.47. The summed E-state index contributed by atoms with van der Waals surface area (Å²) in [6, 6.07) is 7.95. The van der Waals surface area contributed by atoms with Gasteiger partial charge in [-0.2, -0.15) is 0 Å². The molecule has 0 saturated carbocycles. The Balaban J connectivity index is 2.33. The molecule has 7 heteroatoms. The van der Waals surface area contributed by atoms with Gasteiger partial charge in [0.2, 0.25) is 10.0 Å². The molecule has 0 aliphatic carbocycles. The number of hydrogen-bond acceptors (Lipinski definition) is 3. The van der Waals surface area contributed by atoms with Gasteiger partial charge in [-0.15, -0.1) is 0 Å². The molecule has 0 heterocycles. The Morgan fingerprint density at radius 2 is 1.67 bits per heavy atom. The highest BCUT2D eigenvalue weighted by atomic mass is 32.2. The van der Waals surface area contributed by atoms with Crippen LogP contribution in [0.15, 0.2) is 47.4 Å². The molecule has 0 fully saturated rings. The first-order valence-electron chi connectivity index (χ1n) is 6.13. The van der Waals surface area contributed by atoms with Crippen molar-refractivity contribution in [3.63, 3.8) is 0 Å². The molecule has 2 aromatic rings. The summed E-state index contributed by atoms with van der Waals surface area (Å²) < 4.78 is 53.9. The SMILES string of the molecule is CC(NS(=O)(=O)c1cccc(N)c1)c1c(F)cccc1F. The van der Waals surface area contributed by atoms with E-state index in [9.17, 15) is 17.2 Å². The second-order valence-corrected chi connectivity index (χ2v) is 6.26. The summed E-state index contributed by atoms with van der Waals surface area (Å²) in [5.74, 6) is -1.62. The Morgan fingerprint density at radius 3 is 2.24 bits per heavy atom. The maximum absolute atomic E-state index is 13.6. The molecular weight excluding hydrogens is 298 g/mol. The van der Waals surface area contributed by atoms with E-state index in [2.05, 4.69) is 4.72 Å². The fourth-order valence-electron chi connectivity index (χ4n) is 1.97. The van der Waals surface area contributed by atoms with E-state index < -0.39 is 27.7 Å². The topological polar surface area (TPSA) is 72.2 Å². The monoisotopic (exact) mass is 312 g/mol. The maximum atomic E-state index is 13.6. The maximum Gasteiger partial charge on any atom is 0.241 e. The van der Waals surface area contributed by atoms with E-state index in [-0.39, 0.29) is 16.1 Å². The van der Waals surface area contributed by atoms with E-state index in [0.717, 1.165) is 12.1 Å². The lowest BCUT2D eigenvalue weighted by Gasteiger charge is -2.16. The third kappa shape index (κ3) is 3.37. The van der Waals surface area contributed by atoms with Crippen LogP contribution < -0.4 is 10.5 Å². The van der Waals surface area contributed by atoms with Gasteiger partial charge in [0.1, 0.15) is 11.6 Å². The molecule has 0 aliphatic rings. The van der Waals surface area contributed by atoms with E-state index in [1.165, 1.54) is 31.2 Å². The lowest BCUT2D eigenvalue weighted by Crippen LogP contribution is -2.28. The number of hydrogen-bond donors (Lipinski definition) is 2. The molecule has 0 spiro atoms. The highest BCUT2D eigenvalue weighted by Crippen LogP contribution is 2.23. The normalized spacial score (nSPS) is 13.1. The molecule has 0 aromatic heterocycles. The average molecular weight is 312 g/mol. The van der Waals surface area contributed by atoms with Crippen LogP contribution in [0.1, 0.15) is 18.5 Å². The van der Waals surface area contributed by atoms with Crippen molar-refractivity contribution < 1.29 is 17.2 Å². The van der Waals surface area contributed by atoms with Gasteiger partial charge < -0.3 is 5.73 Å². The fourth-order valence-corrected chi connectivity index (χ4v) is 3.23. The van der Waals surface area contributed by atoms with Crippen molar-refractivity contribution in [2.45, 2.75) is 17.9 Å². The van der Waals surface area contributed by atoms with Crippen LogP contribution in [-0.2, 0) is 10.0 Å². The lowest BCUT2D eigenvalue weighted by atomic mass is 10.1. The van der Waals surface area contributed by atoms with Crippen LogP contribution in [0, 0.1) is 11.6 Å². The number of nitrogen functional groups attached to an aromatic ring is 1. The molecule has 4 nitrogen and oxygen atoms in total. The zero-order valence-electron chi connectivity index (χ0n) is 11.2. The minimum absolute atomic E-state index is 0.0638. The molecule has 0 amide bonds. The molecule has 2 rings (SSSR count). The van der Waals surface area contributed by atoms with Crippen LogP contribution >= 0.6 is 0 Å². The van der Waals surface area contributed by atoms with E-state index in [0.29, 0.717) is 0 Å². The van der Waals surface area contributed by atoms with Gasteiger partial charge in [0.25, 0.3) is 0 Å². The minimum Gasteiger partial charge on any atom is -0.399 e. The van der Waals surface area contributed by atoms with Crippen LogP contribution in [0.5, 0.6) is 0 Å². The van der Waals surface area contributed by atoms with Crippen LogP contribution in [0.3, 0.4) is 0 Å². The van der Waals surface area contributed by atoms with Gasteiger partial charge in [-0.05, 0) is 37.3 Å². The van der Waals surface area contributed by atoms with Crippen LogP contribution in [0.4, 0.5) is 14.5 Å². The first-order chi connectivity index (χ1) is 9.81. The van der Waals surface area contributed by atoms with E-state index in [1.807, 2.05) is 0 Å². The van der Waals surface area contributed by atoms with Crippen molar-refractivity contribution in [2.24, 2.45) is 0 Å². The molecular formula is C14H14F2N2O2S. The fraction of sp³-hybridized carbons (Fsp3) is 0.143. The molecule has 112 valence electrons. The quantitative estimate of drug-likeness (QED) is 0.852. The number of nitrogens with one attached hydrogen (secondary N) is 1. The molecule has 3 N–H and O–H groups in total. The van der Waals surface area contributed by atoms with Gasteiger partial charge in [-0.25, -0.2) is 21.9 Å². The first-order valence-corrected chi connectivity index (χ1v) is 7.61. The highest BCUT2D eigenvalue weighted by molar-refractivity contribution is 7.89. The predicted molar refractivity (Wildman–Crippen MR) is 75.9 cm³/mol. The van der Waals surface area contributed by atoms with Crippen molar-refractivity contribution in [2.75, 3.05) is 5.73 Å². The van der Waals surface area contributed by atoms with Gasteiger partial charge in [0.15, 0.2) is 0 Å². The second kappa shape index (κ2) is 5.79. The molecule has 0 bridgehead atoms. The van der Waals surface area contributed by atoms with Crippen molar-refractivity contribution in [3.8, 4) is 0 Å². The average Bonchev–Trinajstić information content (AvgIpc) is 2.37. The number of nitrogens with two attached hydrogens (primary N) is 1. The molecule has 0 saturated heterocycles. The van der Waals surface area contributed by atoms with Crippen LogP contribution in [0.25, 0.3) is 0 Å². The summed E-state index contributed by atoms with van der Waals surface area (Å²) >= 11 is 0. The smallest absolute Gasteiger partial charge is 0.241 e. The van der Waals surface area contributed by atoms with E-state index in [1.54, 1.807) is 6.07 Å². The Labute approximate surface area is 121 Å². The summed E-state index contributed by atoms with van der Waals surface area (Å²) in [5.41, 5.74) is 5.48. The van der Waals surface area contributed by atoms with Gasteiger partial charge >= 0.3 is 0 Å². The molecule has 1 atom stereocenters. The van der Waals surface area contributed by atoms with Gasteiger partial charge in [-0.1, -0.05) is 12.1 Å². The van der Waals surface area contributed by atoms with E-state index >= 15 is 0 Å². The summed E-state index contributed by atoms with van der Waals surface area (Å²) in [5, 5.41) is 0. The Bertz CT molecular complexity index is 743. The Kier molecular flexibility index (Phi) is 4.24. The number of anilines is 1. The molecule has 0 aliphatic heterocycles. The summed E-state index contributed by atoms with van der Waals surface area (Å²) in [6.07, 6.45) is 0. The number of sulfonamides is 1. The van der Waals surface area contributed by atoms with Gasteiger partial charge in [0, 0.05) is 17.3 Å². The summed E-state index contributed by atoms with van der Waals surface area (Å²) in [4.78, 5) is -0.0638. The van der Waals surface area contributed by atoms with Crippen molar-refractivity contribution in [1.82, 2.24) is 4.72 Å².